The summed E-state index contributed by atoms with van der Waals surface area (Å²) in [5.41, 5.74) is 6.86. The van der Waals surface area contributed by atoms with Gasteiger partial charge in [0.05, 0.1) is 11.6 Å². The van der Waals surface area contributed by atoms with Gasteiger partial charge in [-0.2, -0.15) is 0 Å². The van der Waals surface area contributed by atoms with Crippen LogP contribution >= 0.6 is 15.9 Å². The summed E-state index contributed by atoms with van der Waals surface area (Å²) in [6.45, 7) is -0.131. The lowest BCUT2D eigenvalue weighted by Gasteiger charge is -2.12. The van der Waals surface area contributed by atoms with Crippen molar-refractivity contribution in [1.29, 1.82) is 0 Å². The molecular formula is C15H15BrN2O3. The predicted octanol–water partition coefficient (Wildman–Crippen LogP) is 3.06. The Kier molecular flexibility index (Phi) is 5.05. The van der Waals surface area contributed by atoms with Crippen LogP contribution in [0.2, 0.25) is 0 Å². The number of benzene rings is 2. The van der Waals surface area contributed by atoms with E-state index in [2.05, 4.69) is 21.2 Å². The van der Waals surface area contributed by atoms with Gasteiger partial charge in [-0.05, 0) is 46.3 Å². The number of ether oxygens (including phenoxy) is 2. The van der Waals surface area contributed by atoms with Crippen molar-refractivity contribution in [3.05, 3.63) is 46.9 Å². The molecule has 0 radical (unpaired) electrons. The lowest BCUT2D eigenvalue weighted by atomic mass is 10.3. The third-order valence-electron chi connectivity index (χ3n) is 2.67. The average molecular weight is 351 g/mol. The third kappa shape index (κ3) is 4.13. The number of carbonyl (C=O) groups excluding carboxylic acids is 1. The molecule has 0 aliphatic rings. The Morgan fingerprint density at radius 2 is 2.05 bits per heavy atom. The van der Waals surface area contributed by atoms with Crippen LogP contribution in [0.15, 0.2) is 46.9 Å². The van der Waals surface area contributed by atoms with Crippen molar-refractivity contribution in [2.75, 3.05) is 24.8 Å². The van der Waals surface area contributed by atoms with Gasteiger partial charge < -0.3 is 20.5 Å². The Morgan fingerprint density at radius 1 is 1.29 bits per heavy atom. The van der Waals surface area contributed by atoms with Crippen molar-refractivity contribution in [1.82, 2.24) is 0 Å². The smallest absolute Gasteiger partial charge is 0.262 e. The van der Waals surface area contributed by atoms with Crippen LogP contribution in [0.4, 0.5) is 11.4 Å². The Labute approximate surface area is 131 Å². The number of nitrogens with two attached hydrogens (primary N) is 1. The molecule has 0 spiro atoms. The maximum absolute atomic E-state index is 11.9. The Balaban J connectivity index is 1.99. The highest BCUT2D eigenvalue weighted by Crippen LogP contribution is 2.34. The number of nitrogens with one attached hydrogen (secondary N) is 1. The molecule has 0 aliphatic heterocycles. The van der Waals surface area contributed by atoms with Gasteiger partial charge in [-0.1, -0.05) is 12.1 Å². The second-order valence-electron chi connectivity index (χ2n) is 4.23. The molecule has 6 heteroatoms. The highest BCUT2D eigenvalue weighted by Gasteiger charge is 2.11. The molecule has 0 saturated heterocycles. The van der Waals surface area contributed by atoms with Gasteiger partial charge in [0, 0.05) is 11.4 Å². The lowest BCUT2D eigenvalue weighted by molar-refractivity contribution is -0.118. The third-order valence-corrected chi connectivity index (χ3v) is 3.29. The summed E-state index contributed by atoms with van der Waals surface area (Å²) in [6, 6.07) is 12.3. The average Bonchev–Trinajstić information content (AvgIpc) is 2.45. The highest BCUT2D eigenvalue weighted by atomic mass is 79.9. The number of rotatable bonds is 5. The molecule has 0 heterocycles. The number of nitrogen functional groups attached to an aromatic ring is 1. The Bertz CT molecular complexity index is 647. The van der Waals surface area contributed by atoms with Crippen LogP contribution in [0.5, 0.6) is 11.5 Å². The first-order valence-electron chi connectivity index (χ1n) is 6.21. The van der Waals surface area contributed by atoms with Crippen LogP contribution in [0.3, 0.4) is 0 Å². The van der Waals surface area contributed by atoms with Gasteiger partial charge in [0.15, 0.2) is 18.1 Å². The first-order valence-corrected chi connectivity index (χ1v) is 7.00. The molecule has 1 amide bonds. The molecule has 0 bridgehead atoms. The highest BCUT2D eigenvalue weighted by molar-refractivity contribution is 9.10. The van der Waals surface area contributed by atoms with Crippen LogP contribution in [-0.4, -0.2) is 19.6 Å². The van der Waals surface area contributed by atoms with Crippen molar-refractivity contribution in [2.45, 2.75) is 0 Å². The number of carbonyl (C=O) groups is 1. The summed E-state index contributed by atoms with van der Waals surface area (Å²) in [7, 11) is 1.54. The second-order valence-corrected chi connectivity index (χ2v) is 5.09. The lowest BCUT2D eigenvalue weighted by Crippen LogP contribution is -2.20. The predicted molar refractivity (Wildman–Crippen MR) is 85.7 cm³/mol. The molecule has 21 heavy (non-hydrogen) atoms. The van der Waals surface area contributed by atoms with E-state index in [-0.39, 0.29) is 12.5 Å². The summed E-state index contributed by atoms with van der Waals surface area (Å²) in [5.74, 6) is 0.766. The molecule has 0 atom stereocenters. The summed E-state index contributed by atoms with van der Waals surface area (Å²) in [5, 5.41) is 2.71. The van der Waals surface area contributed by atoms with Crippen molar-refractivity contribution < 1.29 is 14.3 Å². The van der Waals surface area contributed by atoms with Crippen LogP contribution in [0.25, 0.3) is 0 Å². The topological polar surface area (TPSA) is 73.6 Å². The van der Waals surface area contributed by atoms with Crippen LogP contribution in [0.1, 0.15) is 0 Å². The van der Waals surface area contributed by atoms with Crippen molar-refractivity contribution in [3.8, 4) is 11.5 Å². The molecule has 0 aromatic heterocycles. The molecule has 2 aromatic carbocycles. The first kappa shape index (κ1) is 15.2. The Morgan fingerprint density at radius 3 is 2.76 bits per heavy atom. The molecule has 2 rings (SSSR count). The first-order chi connectivity index (χ1) is 10.1. The summed E-state index contributed by atoms with van der Waals surface area (Å²) >= 11 is 3.36. The summed E-state index contributed by atoms with van der Waals surface area (Å²) in [6.07, 6.45) is 0. The van der Waals surface area contributed by atoms with E-state index in [0.717, 1.165) is 4.47 Å². The zero-order chi connectivity index (χ0) is 15.2. The van der Waals surface area contributed by atoms with Gasteiger partial charge in [0.1, 0.15) is 0 Å². The van der Waals surface area contributed by atoms with Gasteiger partial charge in [-0.15, -0.1) is 0 Å². The van der Waals surface area contributed by atoms with E-state index in [1.807, 2.05) is 12.1 Å². The number of hydrogen-bond acceptors (Lipinski definition) is 4. The van der Waals surface area contributed by atoms with Crippen molar-refractivity contribution in [3.63, 3.8) is 0 Å². The van der Waals surface area contributed by atoms with Gasteiger partial charge in [-0.25, -0.2) is 0 Å². The van der Waals surface area contributed by atoms with Gasteiger partial charge >= 0.3 is 0 Å². The Hall–Kier alpha value is -2.21. The fourth-order valence-corrected chi connectivity index (χ4v) is 2.20. The quantitative estimate of drug-likeness (QED) is 0.812. The minimum absolute atomic E-state index is 0.131. The van der Waals surface area contributed by atoms with E-state index in [0.29, 0.717) is 22.9 Å². The SMILES string of the molecule is COc1cccc(Br)c1OCC(=O)Nc1cccc(N)c1. The molecule has 2 aromatic rings. The van der Waals surface area contributed by atoms with Crippen LogP contribution in [-0.2, 0) is 4.79 Å². The zero-order valence-corrected chi connectivity index (χ0v) is 13.0. The summed E-state index contributed by atoms with van der Waals surface area (Å²) < 4.78 is 11.4. The molecule has 0 unspecified atom stereocenters. The van der Waals surface area contributed by atoms with E-state index in [1.165, 1.54) is 0 Å². The maximum Gasteiger partial charge on any atom is 0.262 e. The molecule has 0 saturated carbocycles. The molecule has 0 aliphatic carbocycles. The van der Waals surface area contributed by atoms with Crippen molar-refractivity contribution in [2.24, 2.45) is 0 Å². The number of para-hydroxylation sites is 1. The van der Waals surface area contributed by atoms with Crippen LogP contribution < -0.4 is 20.5 Å². The van der Waals surface area contributed by atoms with E-state index >= 15 is 0 Å². The monoisotopic (exact) mass is 350 g/mol. The van der Waals surface area contributed by atoms with Gasteiger partial charge in [-0.3, -0.25) is 4.79 Å². The number of hydrogen-bond donors (Lipinski definition) is 2. The second kappa shape index (κ2) is 6.99. The fraction of sp³-hybridized carbons (Fsp3) is 0.133. The fourth-order valence-electron chi connectivity index (χ4n) is 1.74. The zero-order valence-electron chi connectivity index (χ0n) is 11.4. The number of methoxy groups -OCH3 is 1. The van der Waals surface area contributed by atoms with E-state index in [9.17, 15) is 4.79 Å². The maximum atomic E-state index is 11.9. The number of halogens is 1. The summed E-state index contributed by atoms with van der Waals surface area (Å²) in [4.78, 5) is 11.9. The van der Waals surface area contributed by atoms with E-state index < -0.39 is 0 Å². The minimum atomic E-state index is -0.279. The van der Waals surface area contributed by atoms with Gasteiger partial charge in [0.25, 0.3) is 5.91 Å². The van der Waals surface area contributed by atoms with E-state index in [4.69, 9.17) is 15.2 Å². The molecule has 3 N–H and O–H groups in total. The largest absolute Gasteiger partial charge is 0.493 e. The standard InChI is InChI=1S/C15H15BrN2O3/c1-20-13-7-3-6-12(16)15(13)21-9-14(19)18-11-5-2-4-10(17)8-11/h2-8H,9,17H2,1H3,(H,18,19). The van der Waals surface area contributed by atoms with E-state index in [1.54, 1.807) is 37.4 Å². The normalized spacial score (nSPS) is 10.0. The van der Waals surface area contributed by atoms with Gasteiger partial charge in [0.2, 0.25) is 0 Å². The molecule has 110 valence electrons. The minimum Gasteiger partial charge on any atom is -0.493 e. The van der Waals surface area contributed by atoms with Crippen molar-refractivity contribution >= 4 is 33.2 Å². The number of anilines is 2. The number of amides is 1. The van der Waals surface area contributed by atoms with Crippen LogP contribution in [0, 0.1) is 0 Å². The molecular weight excluding hydrogens is 336 g/mol. The molecule has 0 fully saturated rings. The molecule has 5 nitrogen and oxygen atoms in total.